The molecular weight excluding hydrogens is 300 g/mol. The predicted octanol–water partition coefficient (Wildman–Crippen LogP) is 2.99. The van der Waals surface area contributed by atoms with Gasteiger partial charge in [-0.15, -0.1) is 10.3 Å². The van der Waals surface area contributed by atoms with Crippen molar-refractivity contribution in [3.63, 3.8) is 0 Å². The van der Waals surface area contributed by atoms with E-state index < -0.39 is 15.9 Å². The minimum atomic E-state index is -1.14. The number of ether oxygens (including phenoxy) is 1. The molecule has 1 amide bonds. The van der Waals surface area contributed by atoms with E-state index in [0.29, 0.717) is 19.7 Å². The molecule has 1 fully saturated rings. The minimum absolute atomic E-state index is 0.145. The van der Waals surface area contributed by atoms with Gasteiger partial charge in [0, 0.05) is 30.4 Å². The van der Waals surface area contributed by atoms with Gasteiger partial charge in [-0.25, -0.2) is 4.79 Å². The van der Waals surface area contributed by atoms with Crippen LogP contribution in [0.15, 0.2) is 0 Å². The zero-order chi connectivity index (χ0) is 17.2. The van der Waals surface area contributed by atoms with Gasteiger partial charge in [-0.1, -0.05) is 20.8 Å². The van der Waals surface area contributed by atoms with Gasteiger partial charge in [0.1, 0.15) is 5.60 Å². The molecule has 1 heterocycles. The summed E-state index contributed by atoms with van der Waals surface area (Å²) in [5, 5.41) is 3.43. The first kappa shape index (κ1) is 19.6. The van der Waals surface area contributed by atoms with Gasteiger partial charge in [-0.05, 0) is 33.3 Å². The molecule has 1 rings (SSSR count). The molecule has 22 heavy (non-hydrogen) atoms. The number of hydrogen-bond acceptors (Lipinski definition) is 4. The Morgan fingerprint density at radius 1 is 1.23 bits per heavy atom. The predicted molar refractivity (Wildman–Crippen MR) is 94.7 cm³/mol. The van der Waals surface area contributed by atoms with Crippen LogP contribution in [0.5, 0.6) is 0 Å². The first-order chi connectivity index (χ1) is 9.82. The number of nitrogens with zero attached hydrogens (tertiary/aromatic N) is 1. The number of piperazine rings is 1. The van der Waals surface area contributed by atoms with E-state index in [1.807, 2.05) is 20.8 Å². The van der Waals surface area contributed by atoms with Gasteiger partial charge in [0.2, 0.25) is 0 Å². The Kier molecular flexibility index (Phi) is 6.21. The molecular formula is C16H34N2O3S. The Hall–Kier alpha value is -0.460. The maximum atomic E-state index is 12.2. The molecule has 1 aliphatic rings. The molecule has 132 valence electrons. The van der Waals surface area contributed by atoms with Crippen LogP contribution in [-0.2, 0) is 8.92 Å². The number of nitrogens with one attached hydrogen (secondary N) is 1. The van der Waals surface area contributed by atoms with Crippen LogP contribution in [0.2, 0.25) is 0 Å². The van der Waals surface area contributed by atoms with E-state index in [0.717, 1.165) is 6.54 Å². The highest BCUT2D eigenvalue weighted by molar-refractivity contribution is 8.29. The van der Waals surface area contributed by atoms with Crippen molar-refractivity contribution in [3.05, 3.63) is 0 Å². The molecule has 5 nitrogen and oxygen atoms in total. The summed E-state index contributed by atoms with van der Waals surface area (Å²) in [6.07, 6.45) is 4.16. The SMILES string of the molecule is CC(C)(C)OC(=O)N1CCNC(COS(C)(C)C(C)(C)C)C1. The second-order valence-electron chi connectivity index (χ2n) is 8.21. The van der Waals surface area contributed by atoms with E-state index in [-0.39, 0.29) is 16.9 Å². The van der Waals surface area contributed by atoms with Crippen LogP contribution in [-0.4, -0.2) is 66.1 Å². The summed E-state index contributed by atoms with van der Waals surface area (Å²) in [4.78, 5) is 13.9. The molecule has 1 saturated heterocycles. The standard InChI is InChI=1S/C16H34N2O3S/c1-15(2,3)21-14(19)18-10-9-17-13(11-18)12-20-22(7,8)16(4,5)6/h13,17H,9-12H2,1-8H3. The van der Waals surface area contributed by atoms with Gasteiger partial charge in [-0.3, -0.25) is 0 Å². The summed E-state index contributed by atoms with van der Waals surface area (Å²) in [5.41, 5.74) is -0.452. The quantitative estimate of drug-likeness (QED) is 0.862. The van der Waals surface area contributed by atoms with E-state index in [1.54, 1.807) is 4.90 Å². The number of amides is 1. The smallest absolute Gasteiger partial charge is 0.410 e. The molecule has 1 atom stereocenters. The monoisotopic (exact) mass is 334 g/mol. The summed E-state index contributed by atoms with van der Waals surface area (Å²) in [6.45, 7) is 15.0. The molecule has 0 bridgehead atoms. The molecule has 0 aromatic heterocycles. The number of rotatable bonds is 3. The Morgan fingerprint density at radius 2 is 1.82 bits per heavy atom. The Balaban J connectivity index is 2.52. The van der Waals surface area contributed by atoms with Gasteiger partial charge in [-0.2, -0.15) is 0 Å². The third kappa shape index (κ3) is 5.97. The van der Waals surface area contributed by atoms with Crippen molar-refractivity contribution in [3.8, 4) is 0 Å². The number of carbonyl (C=O) groups is 1. The average molecular weight is 335 g/mol. The van der Waals surface area contributed by atoms with Gasteiger partial charge in [0.05, 0.1) is 6.61 Å². The van der Waals surface area contributed by atoms with Crippen molar-refractivity contribution < 1.29 is 13.7 Å². The van der Waals surface area contributed by atoms with Crippen LogP contribution in [0.3, 0.4) is 0 Å². The van der Waals surface area contributed by atoms with E-state index in [2.05, 4.69) is 38.6 Å². The summed E-state index contributed by atoms with van der Waals surface area (Å²) < 4.78 is 11.8. The van der Waals surface area contributed by atoms with Crippen LogP contribution >= 0.6 is 10.3 Å². The van der Waals surface area contributed by atoms with E-state index in [9.17, 15) is 4.79 Å². The zero-order valence-electron chi connectivity index (χ0n) is 15.5. The summed E-state index contributed by atoms with van der Waals surface area (Å²) in [7, 11) is -1.14. The van der Waals surface area contributed by atoms with Crippen molar-refractivity contribution in [1.29, 1.82) is 0 Å². The molecule has 0 spiro atoms. The molecule has 0 saturated carbocycles. The fraction of sp³-hybridized carbons (Fsp3) is 0.938. The van der Waals surface area contributed by atoms with Gasteiger partial charge < -0.3 is 19.1 Å². The molecule has 6 heteroatoms. The van der Waals surface area contributed by atoms with E-state index >= 15 is 0 Å². The Labute approximate surface area is 137 Å². The highest BCUT2D eigenvalue weighted by atomic mass is 32.3. The van der Waals surface area contributed by atoms with E-state index in [1.165, 1.54) is 0 Å². The highest BCUT2D eigenvalue weighted by Gasteiger charge is 2.32. The topological polar surface area (TPSA) is 50.8 Å². The lowest BCUT2D eigenvalue weighted by Gasteiger charge is -2.45. The zero-order valence-corrected chi connectivity index (χ0v) is 16.3. The third-order valence-corrected chi connectivity index (χ3v) is 7.62. The minimum Gasteiger partial charge on any atom is -0.444 e. The van der Waals surface area contributed by atoms with Gasteiger partial charge >= 0.3 is 6.09 Å². The number of hydrogen-bond donors (Lipinski definition) is 1. The second kappa shape index (κ2) is 6.97. The summed E-state index contributed by atoms with van der Waals surface area (Å²) in [5.74, 6) is 0. The number of carbonyl (C=O) groups excluding carboxylic acids is 1. The first-order valence-corrected chi connectivity index (χ1v) is 10.3. The van der Waals surface area contributed by atoms with Crippen molar-refractivity contribution in [2.24, 2.45) is 0 Å². The third-order valence-electron chi connectivity index (χ3n) is 3.95. The summed E-state index contributed by atoms with van der Waals surface area (Å²) in [6, 6.07) is 0.162. The average Bonchev–Trinajstić information content (AvgIpc) is 2.33. The fourth-order valence-corrected chi connectivity index (χ4v) is 2.72. The first-order valence-electron chi connectivity index (χ1n) is 7.90. The maximum absolute atomic E-state index is 12.2. The summed E-state index contributed by atoms with van der Waals surface area (Å²) >= 11 is 0. The normalized spacial score (nSPS) is 21.6. The molecule has 1 unspecified atom stereocenters. The lowest BCUT2D eigenvalue weighted by molar-refractivity contribution is 0.0180. The van der Waals surface area contributed by atoms with Crippen molar-refractivity contribution in [1.82, 2.24) is 10.2 Å². The van der Waals surface area contributed by atoms with E-state index in [4.69, 9.17) is 8.92 Å². The molecule has 0 aromatic carbocycles. The molecule has 0 radical (unpaired) electrons. The van der Waals surface area contributed by atoms with Gasteiger partial charge in [0.15, 0.2) is 0 Å². The lowest BCUT2D eigenvalue weighted by atomic mass is 10.2. The van der Waals surface area contributed by atoms with Crippen LogP contribution in [0.4, 0.5) is 4.79 Å². The maximum Gasteiger partial charge on any atom is 0.410 e. The van der Waals surface area contributed by atoms with Crippen molar-refractivity contribution in [2.75, 3.05) is 38.8 Å². The lowest BCUT2D eigenvalue weighted by Crippen LogP contribution is -2.55. The fourth-order valence-electron chi connectivity index (χ4n) is 1.86. The second-order valence-corrected chi connectivity index (χ2v) is 12.1. The highest BCUT2D eigenvalue weighted by Crippen LogP contribution is 2.53. The largest absolute Gasteiger partial charge is 0.444 e. The Morgan fingerprint density at radius 3 is 2.32 bits per heavy atom. The van der Waals surface area contributed by atoms with Crippen LogP contribution in [0.1, 0.15) is 41.5 Å². The molecule has 1 N–H and O–H groups in total. The molecule has 0 aromatic rings. The van der Waals surface area contributed by atoms with Crippen LogP contribution in [0.25, 0.3) is 0 Å². The van der Waals surface area contributed by atoms with Crippen molar-refractivity contribution in [2.45, 2.75) is 57.9 Å². The van der Waals surface area contributed by atoms with Crippen LogP contribution in [0, 0.1) is 0 Å². The molecule has 1 aliphatic heterocycles. The Bertz CT molecular complexity index is 386. The van der Waals surface area contributed by atoms with Crippen LogP contribution < -0.4 is 5.32 Å². The van der Waals surface area contributed by atoms with Crippen molar-refractivity contribution >= 4 is 16.4 Å². The molecule has 0 aliphatic carbocycles. The van der Waals surface area contributed by atoms with Gasteiger partial charge in [0.25, 0.3) is 0 Å².